The Balaban J connectivity index is 2.01. The molecule has 1 aromatic carbocycles. The van der Waals surface area contributed by atoms with Gasteiger partial charge in [-0.2, -0.15) is 18.4 Å². The molecule has 0 N–H and O–H groups in total. The topological polar surface area (TPSA) is 58.8 Å². The van der Waals surface area contributed by atoms with Crippen LogP contribution in [0.15, 0.2) is 42.7 Å². The van der Waals surface area contributed by atoms with Gasteiger partial charge >= 0.3 is 6.18 Å². The third-order valence-electron chi connectivity index (χ3n) is 3.15. The van der Waals surface area contributed by atoms with E-state index < -0.39 is 11.9 Å². The number of halogens is 4. The highest BCUT2D eigenvalue weighted by Gasteiger charge is 2.32. The molecular formula is C16H7F3IN3O. The van der Waals surface area contributed by atoms with Crippen molar-refractivity contribution in [3.63, 3.8) is 0 Å². The molecule has 0 atom stereocenters. The molecule has 0 spiro atoms. The van der Waals surface area contributed by atoms with Crippen LogP contribution in [0.5, 0.6) is 11.5 Å². The summed E-state index contributed by atoms with van der Waals surface area (Å²) < 4.78 is 44.0. The van der Waals surface area contributed by atoms with Crippen molar-refractivity contribution in [2.45, 2.75) is 6.18 Å². The van der Waals surface area contributed by atoms with E-state index in [0.717, 1.165) is 15.8 Å². The quantitative estimate of drug-likeness (QED) is 0.530. The molecule has 0 aliphatic rings. The lowest BCUT2D eigenvalue weighted by atomic mass is 10.1. The largest absolute Gasteiger partial charge is 0.453 e. The molecule has 0 aliphatic heterocycles. The molecule has 0 saturated carbocycles. The molecule has 0 bridgehead atoms. The van der Waals surface area contributed by atoms with Crippen LogP contribution < -0.4 is 4.74 Å². The molecule has 2 heterocycles. The predicted molar refractivity (Wildman–Crippen MR) is 88.5 cm³/mol. The van der Waals surface area contributed by atoms with E-state index in [0.29, 0.717) is 22.2 Å². The van der Waals surface area contributed by atoms with Crippen LogP contribution >= 0.6 is 22.6 Å². The van der Waals surface area contributed by atoms with E-state index in [4.69, 9.17) is 4.74 Å². The van der Waals surface area contributed by atoms with Crippen molar-refractivity contribution >= 4 is 33.5 Å². The molecule has 24 heavy (non-hydrogen) atoms. The molecule has 3 rings (SSSR count). The Morgan fingerprint density at radius 3 is 2.50 bits per heavy atom. The van der Waals surface area contributed by atoms with Crippen LogP contribution in [0.1, 0.15) is 11.3 Å². The van der Waals surface area contributed by atoms with Crippen LogP contribution in [0.2, 0.25) is 0 Å². The second kappa shape index (κ2) is 6.24. The van der Waals surface area contributed by atoms with E-state index in [9.17, 15) is 18.4 Å². The maximum Gasteiger partial charge on any atom is 0.433 e. The van der Waals surface area contributed by atoms with Gasteiger partial charge in [0.15, 0.2) is 5.75 Å². The van der Waals surface area contributed by atoms with Gasteiger partial charge in [-0.1, -0.05) is 0 Å². The summed E-state index contributed by atoms with van der Waals surface area (Å²) in [6, 6.07) is 9.03. The number of nitrogens with zero attached hydrogens (tertiary/aromatic N) is 3. The first-order valence-electron chi connectivity index (χ1n) is 6.58. The van der Waals surface area contributed by atoms with E-state index in [1.54, 1.807) is 24.4 Å². The number of pyridine rings is 2. The maximum atomic E-state index is 12.5. The minimum atomic E-state index is -4.50. The predicted octanol–water partition coefficient (Wildman–Crippen LogP) is 4.92. The monoisotopic (exact) mass is 441 g/mol. The van der Waals surface area contributed by atoms with Crippen molar-refractivity contribution < 1.29 is 17.9 Å². The summed E-state index contributed by atoms with van der Waals surface area (Å²) in [5.74, 6) is 0.483. The average molecular weight is 441 g/mol. The van der Waals surface area contributed by atoms with Crippen molar-refractivity contribution in [3.8, 4) is 17.6 Å². The van der Waals surface area contributed by atoms with Gasteiger partial charge in [0.1, 0.15) is 17.0 Å². The lowest BCUT2D eigenvalue weighted by Gasteiger charge is -2.10. The summed E-state index contributed by atoms with van der Waals surface area (Å²) in [6.07, 6.45) is -1.89. The first-order valence-corrected chi connectivity index (χ1v) is 7.66. The van der Waals surface area contributed by atoms with Gasteiger partial charge in [-0.25, -0.2) is 4.98 Å². The van der Waals surface area contributed by atoms with Crippen LogP contribution in [0.3, 0.4) is 0 Å². The molecule has 0 saturated heterocycles. The van der Waals surface area contributed by atoms with E-state index >= 15 is 0 Å². The van der Waals surface area contributed by atoms with Gasteiger partial charge in [-0.05, 0) is 52.9 Å². The number of alkyl halides is 3. The fourth-order valence-electron chi connectivity index (χ4n) is 2.08. The second-order valence-corrected chi connectivity index (χ2v) is 6.00. The summed E-state index contributed by atoms with van der Waals surface area (Å²) in [7, 11) is 0. The van der Waals surface area contributed by atoms with E-state index in [1.165, 1.54) is 6.07 Å². The minimum absolute atomic E-state index is 0.148. The van der Waals surface area contributed by atoms with Crippen molar-refractivity contribution in [2.75, 3.05) is 0 Å². The number of rotatable bonds is 2. The molecule has 0 fully saturated rings. The Morgan fingerprint density at radius 1 is 1.08 bits per heavy atom. The van der Waals surface area contributed by atoms with Gasteiger partial charge in [-0.15, -0.1) is 0 Å². The fourth-order valence-corrected chi connectivity index (χ4v) is 2.53. The van der Waals surface area contributed by atoms with Crippen LogP contribution in [0.4, 0.5) is 13.2 Å². The van der Waals surface area contributed by atoms with Gasteiger partial charge in [0.2, 0.25) is 0 Å². The Bertz CT molecular complexity index is 950. The zero-order chi connectivity index (χ0) is 17.3. The highest BCUT2D eigenvalue weighted by atomic mass is 127. The number of benzene rings is 1. The number of hydrogen-bond acceptors (Lipinski definition) is 4. The second-order valence-electron chi connectivity index (χ2n) is 4.75. The van der Waals surface area contributed by atoms with Crippen molar-refractivity contribution in [2.24, 2.45) is 0 Å². The van der Waals surface area contributed by atoms with Gasteiger partial charge in [0, 0.05) is 15.2 Å². The number of ether oxygens (including phenoxy) is 1. The SMILES string of the molecule is N#Cc1ccc(Oc2ccc(C(F)(F)F)nc2)c2ncc(I)cc12. The lowest BCUT2D eigenvalue weighted by Crippen LogP contribution is -2.07. The summed E-state index contributed by atoms with van der Waals surface area (Å²) >= 11 is 2.08. The van der Waals surface area contributed by atoms with Gasteiger partial charge < -0.3 is 4.74 Å². The first kappa shape index (κ1) is 16.4. The summed E-state index contributed by atoms with van der Waals surface area (Å²) in [6.45, 7) is 0. The molecule has 3 aromatic rings. The van der Waals surface area contributed by atoms with E-state index in [1.807, 2.05) is 0 Å². The number of hydrogen-bond donors (Lipinski definition) is 0. The summed E-state index contributed by atoms with van der Waals surface area (Å²) in [5, 5.41) is 9.79. The van der Waals surface area contributed by atoms with Crippen molar-refractivity contribution in [1.29, 1.82) is 5.26 Å². The average Bonchev–Trinajstić information content (AvgIpc) is 2.54. The van der Waals surface area contributed by atoms with Crippen LogP contribution in [0.25, 0.3) is 10.9 Å². The van der Waals surface area contributed by atoms with Gasteiger partial charge in [-0.3, -0.25) is 4.98 Å². The third kappa shape index (κ3) is 3.26. The molecular weight excluding hydrogens is 434 g/mol. The van der Waals surface area contributed by atoms with E-state index in [-0.39, 0.29) is 5.75 Å². The van der Waals surface area contributed by atoms with Crippen LogP contribution in [-0.2, 0) is 6.18 Å². The van der Waals surface area contributed by atoms with Gasteiger partial charge in [0.25, 0.3) is 0 Å². The van der Waals surface area contributed by atoms with Crippen LogP contribution in [0, 0.1) is 14.9 Å². The molecule has 0 unspecified atom stereocenters. The van der Waals surface area contributed by atoms with Gasteiger partial charge in [0.05, 0.1) is 17.8 Å². The Labute approximate surface area is 148 Å². The van der Waals surface area contributed by atoms with Crippen molar-refractivity contribution in [3.05, 3.63) is 57.6 Å². The maximum absolute atomic E-state index is 12.5. The minimum Gasteiger partial charge on any atom is -0.453 e. The first-order chi connectivity index (χ1) is 11.4. The number of aromatic nitrogens is 2. The number of fused-ring (bicyclic) bond motifs is 1. The Morgan fingerprint density at radius 2 is 1.88 bits per heavy atom. The standard InChI is InChI=1S/C16H7F3IN3O/c17-16(18,19)14-4-2-11(8-22-14)24-13-3-1-9(6-21)12-5-10(20)7-23-15(12)13/h1-5,7-8H. The zero-order valence-electron chi connectivity index (χ0n) is 11.8. The zero-order valence-corrected chi connectivity index (χ0v) is 14.0. The highest BCUT2D eigenvalue weighted by Crippen LogP contribution is 2.32. The molecule has 4 nitrogen and oxygen atoms in total. The molecule has 0 aliphatic carbocycles. The molecule has 0 radical (unpaired) electrons. The molecule has 8 heteroatoms. The summed E-state index contributed by atoms with van der Waals surface area (Å²) in [5.41, 5.74) is -0.101. The van der Waals surface area contributed by atoms with Crippen molar-refractivity contribution in [1.82, 2.24) is 9.97 Å². The molecule has 120 valence electrons. The lowest BCUT2D eigenvalue weighted by molar-refractivity contribution is -0.141. The Kier molecular flexibility index (Phi) is 4.28. The normalized spacial score (nSPS) is 11.3. The third-order valence-corrected chi connectivity index (χ3v) is 3.74. The van der Waals surface area contributed by atoms with Crippen LogP contribution in [-0.4, -0.2) is 9.97 Å². The number of nitriles is 1. The van der Waals surface area contributed by atoms with E-state index in [2.05, 4.69) is 38.6 Å². The molecule has 0 amide bonds. The summed E-state index contributed by atoms with van der Waals surface area (Å²) in [4.78, 5) is 7.61. The fraction of sp³-hybridized carbons (Fsp3) is 0.0625. The highest BCUT2D eigenvalue weighted by molar-refractivity contribution is 14.1. The smallest absolute Gasteiger partial charge is 0.433 e. The molecule has 2 aromatic heterocycles. The Hall–Kier alpha value is -2.41.